The van der Waals surface area contributed by atoms with Crippen molar-refractivity contribution in [3.8, 4) is 0 Å². The summed E-state index contributed by atoms with van der Waals surface area (Å²) < 4.78 is 6.37. The van der Waals surface area contributed by atoms with Crippen molar-refractivity contribution in [1.82, 2.24) is 0 Å². The molecule has 4 nitrogen and oxygen atoms in total. The molecule has 21 heavy (non-hydrogen) atoms. The molecule has 5 heteroatoms. The van der Waals surface area contributed by atoms with Crippen LogP contribution in [0.2, 0.25) is 16.6 Å². The van der Waals surface area contributed by atoms with E-state index in [0.29, 0.717) is 42.5 Å². The lowest BCUT2D eigenvalue weighted by atomic mass is 10.1. The Balaban J connectivity index is 4.45. The molecule has 0 bridgehead atoms. The van der Waals surface area contributed by atoms with Gasteiger partial charge in [-0.2, -0.15) is 0 Å². The van der Waals surface area contributed by atoms with Crippen molar-refractivity contribution in [2.24, 2.45) is 0 Å². The highest BCUT2D eigenvalue weighted by molar-refractivity contribution is 6.77. The Morgan fingerprint density at radius 2 is 1.24 bits per heavy atom. The van der Waals surface area contributed by atoms with E-state index in [1.807, 2.05) is 0 Å². The molecular weight excluding hydrogens is 284 g/mol. The Kier molecular flexibility index (Phi) is 9.98. The molecule has 0 aliphatic heterocycles. The molecule has 0 rings (SSSR count). The molecule has 0 saturated carbocycles. The quantitative estimate of drug-likeness (QED) is 0.512. The molecule has 3 N–H and O–H groups in total. The van der Waals surface area contributed by atoms with Crippen molar-refractivity contribution in [2.45, 2.75) is 89.6 Å². The van der Waals surface area contributed by atoms with Gasteiger partial charge in [-0.1, -0.05) is 41.5 Å². The maximum absolute atomic E-state index is 9.95. The summed E-state index contributed by atoms with van der Waals surface area (Å²) >= 11 is 0. The second-order valence-electron chi connectivity index (χ2n) is 7.01. The first kappa shape index (κ1) is 21.1. The van der Waals surface area contributed by atoms with Crippen LogP contribution in [0, 0.1) is 0 Å². The van der Waals surface area contributed by atoms with Crippen LogP contribution < -0.4 is 0 Å². The van der Waals surface area contributed by atoms with Crippen molar-refractivity contribution in [1.29, 1.82) is 0 Å². The number of hydrogen-bond acceptors (Lipinski definition) is 4. The molecule has 0 spiro atoms. The standard InChI is InChI=1S/C16H36O4Si/c1-12(2)21(13(3)4,14(5)6)20-10-8-16(19)11-15(18)7-9-17/h12-19H,7-11H2,1-6H3/t15-,16+/m0/s1. The number of rotatable bonds is 11. The van der Waals surface area contributed by atoms with Gasteiger partial charge in [0, 0.05) is 13.2 Å². The second kappa shape index (κ2) is 9.95. The minimum absolute atomic E-state index is 0.0472. The largest absolute Gasteiger partial charge is 0.416 e. The molecule has 0 aliphatic rings. The molecule has 0 amide bonds. The summed E-state index contributed by atoms with van der Waals surface area (Å²) in [6, 6.07) is 0. The van der Waals surface area contributed by atoms with Crippen LogP contribution in [0.4, 0.5) is 0 Å². The van der Waals surface area contributed by atoms with Gasteiger partial charge in [0.05, 0.1) is 12.2 Å². The number of aliphatic hydroxyl groups is 3. The second-order valence-corrected chi connectivity index (χ2v) is 12.5. The Labute approximate surface area is 131 Å². The van der Waals surface area contributed by atoms with Gasteiger partial charge in [-0.25, -0.2) is 0 Å². The van der Waals surface area contributed by atoms with Gasteiger partial charge in [0.1, 0.15) is 0 Å². The third-order valence-electron chi connectivity index (χ3n) is 4.52. The molecule has 0 saturated heterocycles. The highest BCUT2D eigenvalue weighted by atomic mass is 28.4. The van der Waals surface area contributed by atoms with Gasteiger partial charge in [0.15, 0.2) is 8.32 Å². The minimum atomic E-state index is -1.86. The van der Waals surface area contributed by atoms with E-state index in [4.69, 9.17) is 9.53 Å². The molecule has 0 heterocycles. The summed E-state index contributed by atoms with van der Waals surface area (Å²) in [5, 5.41) is 28.3. The lowest BCUT2D eigenvalue weighted by Crippen LogP contribution is -2.48. The lowest BCUT2D eigenvalue weighted by Gasteiger charge is -2.42. The van der Waals surface area contributed by atoms with E-state index in [2.05, 4.69) is 41.5 Å². The number of hydrogen-bond donors (Lipinski definition) is 3. The fourth-order valence-corrected chi connectivity index (χ4v) is 9.04. The van der Waals surface area contributed by atoms with Crippen LogP contribution in [-0.2, 0) is 4.43 Å². The molecule has 0 aromatic carbocycles. The Hall–Kier alpha value is 0.0569. The van der Waals surface area contributed by atoms with Crippen LogP contribution >= 0.6 is 0 Å². The van der Waals surface area contributed by atoms with Gasteiger partial charge >= 0.3 is 0 Å². The smallest absolute Gasteiger partial charge is 0.200 e. The first-order valence-electron chi connectivity index (χ1n) is 8.29. The molecule has 0 radical (unpaired) electrons. The SMILES string of the molecule is CC(C)[Si](OCC[C@@H](O)C[C@@H](O)CCO)(C(C)C)C(C)C. The molecule has 2 atom stereocenters. The Bertz CT molecular complexity index is 247. The predicted molar refractivity (Wildman–Crippen MR) is 90.0 cm³/mol. The summed E-state index contributed by atoms with van der Waals surface area (Å²) in [6.45, 7) is 14.0. The zero-order valence-corrected chi connectivity index (χ0v) is 15.7. The molecule has 0 unspecified atom stereocenters. The van der Waals surface area contributed by atoms with Crippen LogP contribution in [0.1, 0.15) is 60.8 Å². The number of aliphatic hydroxyl groups excluding tert-OH is 3. The molecular formula is C16H36O4Si. The fourth-order valence-electron chi connectivity index (χ4n) is 3.57. The van der Waals surface area contributed by atoms with Gasteiger partial charge in [-0.15, -0.1) is 0 Å². The summed E-state index contributed by atoms with van der Waals surface area (Å²) in [5.41, 5.74) is 1.61. The van der Waals surface area contributed by atoms with E-state index in [9.17, 15) is 10.2 Å². The van der Waals surface area contributed by atoms with Crippen molar-refractivity contribution in [3.63, 3.8) is 0 Å². The van der Waals surface area contributed by atoms with E-state index < -0.39 is 20.5 Å². The van der Waals surface area contributed by atoms with Gasteiger partial charge in [0.25, 0.3) is 0 Å². The van der Waals surface area contributed by atoms with Crippen molar-refractivity contribution < 1.29 is 19.7 Å². The highest BCUT2D eigenvalue weighted by Crippen LogP contribution is 2.42. The molecule has 0 aliphatic carbocycles. The maximum Gasteiger partial charge on any atom is 0.200 e. The van der Waals surface area contributed by atoms with Gasteiger partial charge in [0.2, 0.25) is 0 Å². The Morgan fingerprint density at radius 3 is 1.62 bits per heavy atom. The van der Waals surface area contributed by atoms with Crippen LogP contribution in [-0.4, -0.2) is 49.1 Å². The van der Waals surface area contributed by atoms with Gasteiger partial charge in [-0.3, -0.25) is 0 Å². The van der Waals surface area contributed by atoms with E-state index >= 15 is 0 Å². The summed E-state index contributed by atoms with van der Waals surface area (Å²) in [5.74, 6) is 0. The van der Waals surface area contributed by atoms with Crippen LogP contribution in [0.15, 0.2) is 0 Å². The van der Waals surface area contributed by atoms with Crippen molar-refractivity contribution in [3.05, 3.63) is 0 Å². The fraction of sp³-hybridized carbons (Fsp3) is 1.00. The lowest BCUT2D eigenvalue weighted by molar-refractivity contribution is 0.0522. The average molecular weight is 321 g/mol. The third-order valence-corrected chi connectivity index (χ3v) is 10.6. The summed E-state index contributed by atoms with van der Waals surface area (Å²) in [7, 11) is -1.86. The van der Waals surface area contributed by atoms with E-state index in [1.165, 1.54) is 0 Å². The maximum atomic E-state index is 9.95. The summed E-state index contributed by atoms with van der Waals surface area (Å²) in [4.78, 5) is 0. The van der Waals surface area contributed by atoms with Crippen molar-refractivity contribution in [2.75, 3.05) is 13.2 Å². The first-order chi connectivity index (χ1) is 9.68. The zero-order valence-electron chi connectivity index (χ0n) is 14.7. The topological polar surface area (TPSA) is 69.9 Å². The van der Waals surface area contributed by atoms with Gasteiger partial charge < -0.3 is 19.7 Å². The first-order valence-corrected chi connectivity index (χ1v) is 10.4. The van der Waals surface area contributed by atoms with E-state index in [1.54, 1.807) is 0 Å². The van der Waals surface area contributed by atoms with E-state index in [0.717, 1.165) is 0 Å². The molecule has 0 fully saturated rings. The average Bonchev–Trinajstić information content (AvgIpc) is 2.33. The van der Waals surface area contributed by atoms with Gasteiger partial charge in [-0.05, 0) is 35.9 Å². The monoisotopic (exact) mass is 320 g/mol. The predicted octanol–water partition coefficient (Wildman–Crippen LogP) is 3.06. The normalized spacial score (nSPS) is 16.0. The minimum Gasteiger partial charge on any atom is -0.416 e. The van der Waals surface area contributed by atoms with Crippen LogP contribution in [0.25, 0.3) is 0 Å². The molecule has 0 aromatic heterocycles. The van der Waals surface area contributed by atoms with E-state index in [-0.39, 0.29) is 6.61 Å². The third kappa shape index (κ3) is 6.36. The highest BCUT2D eigenvalue weighted by Gasteiger charge is 2.44. The summed E-state index contributed by atoms with van der Waals surface area (Å²) in [6.07, 6.45) is -0.0231. The zero-order chi connectivity index (χ0) is 16.6. The van der Waals surface area contributed by atoms with Crippen molar-refractivity contribution >= 4 is 8.32 Å². The molecule has 128 valence electrons. The Morgan fingerprint density at radius 1 is 0.810 bits per heavy atom. The van der Waals surface area contributed by atoms with Crippen LogP contribution in [0.3, 0.4) is 0 Å². The van der Waals surface area contributed by atoms with Crippen LogP contribution in [0.5, 0.6) is 0 Å². The molecule has 0 aromatic rings.